The van der Waals surface area contributed by atoms with Gasteiger partial charge >= 0.3 is 0 Å². The average Bonchev–Trinajstić information content (AvgIpc) is 3.15. The molecule has 0 unspecified atom stereocenters. The highest BCUT2D eigenvalue weighted by molar-refractivity contribution is 8.00. The lowest BCUT2D eigenvalue weighted by molar-refractivity contribution is -0.130. The van der Waals surface area contributed by atoms with E-state index in [0.717, 1.165) is 30.8 Å². The number of hydrogen-bond acceptors (Lipinski definition) is 5. The first-order chi connectivity index (χ1) is 13.9. The number of aryl methyl sites for hydroxylation is 1. The Balaban J connectivity index is 1.44. The van der Waals surface area contributed by atoms with E-state index in [9.17, 15) is 9.59 Å². The number of hydrogen-bond donors (Lipinski definition) is 1. The molecular formula is C22H29N3O2S2. The summed E-state index contributed by atoms with van der Waals surface area (Å²) >= 11 is 2.78. The first-order valence-corrected chi connectivity index (χ1v) is 12.2. The third-order valence-electron chi connectivity index (χ3n) is 5.09. The van der Waals surface area contributed by atoms with Gasteiger partial charge in [0.05, 0.1) is 17.2 Å². The van der Waals surface area contributed by atoms with Crippen LogP contribution in [0.2, 0.25) is 0 Å². The van der Waals surface area contributed by atoms with Gasteiger partial charge in [0, 0.05) is 24.0 Å². The van der Waals surface area contributed by atoms with Crippen LogP contribution in [-0.4, -0.2) is 46.3 Å². The number of carbonyl (C=O) groups excluding carboxylic acids is 2. The van der Waals surface area contributed by atoms with Crippen LogP contribution in [0, 0.1) is 11.8 Å². The number of anilines is 1. The molecule has 156 valence electrons. The van der Waals surface area contributed by atoms with Gasteiger partial charge in [-0.25, -0.2) is 4.98 Å². The van der Waals surface area contributed by atoms with Crippen molar-refractivity contribution < 1.29 is 9.59 Å². The molecule has 1 aromatic heterocycles. The summed E-state index contributed by atoms with van der Waals surface area (Å²) < 4.78 is 0. The SMILES string of the molecule is CCc1ccc(-c2csc(NC(=O)CSCC(=O)N3C[C@H](C)C[C@@H](C)C3)n2)cc1. The van der Waals surface area contributed by atoms with Crippen LogP contribution in [0.4, 0.5) is 5.13 Å². The van der Waals surface area contributed by atoms with E-state index in [2.05, 4.69) is 55.3 Å². The maximum absolute atomic E-state index is 12.4. The fraction of sp³-hybridized carbons (Fsp3) is 0.500. The van der Waals surface area contributed by atoms with Gasteiger partial charge in [-0.2, -0.15) is 0 Å². The van der Waals surface area contributed by atoms with Crippen molar-refractivity contribution in [3.8, 4) is 11.3 Å². The maximum atomic E-state index is 12.4. The number of thiazole rings is 1. The van der Waals surface area contributed by atoms with E-state index in [1.165, 1.54) is 35.1 Å². The molecule has 1 aliphatic heterocycles. The van der Waals surface area contributed by atoms with E-state index in [4.69, 9.17) is 0 Å². The monoisotopic (exact) mass is 431 g/mol. The molecule has 1 aromatic carbocycles. The number of rotatable bonds is 7. The molecule has 5 nitrogen and oxygen atoms in total. The summed E-state index contributed by atoms with van der Waals surface area (Å²) in [6, 6.07) is 8.32. The van der Waals surface area contributed by atoms with E-state index >= 15 is 0 Å². The van der Waals surface area contributed by atoms with Gasteiger partial charge in [0.1, 0.15) is 0 Å². The molecule has 2 heterocycles. The van der Waals surface area contributed by atoms with Crippen molar-refractivity contribution >= 4 is 40.0 Å². The summed E-state index contributed by atoms with van der Waals surface area (Å²) in [4.78, 5) is 31.1. The second-order valence-electron chi connectivity index (χ2n) is 7.87. The minimum absolute atomic E-state index is 0.120. The standard InChI is InChI=1S/C22H29N3O2S2/c1-4-17-5-7-18(8-6-17)19-12-29-22(23-19)24-20(26)13-28-14-21(27)25-10-15(2)9-16(3)11-25/h5-8,12,15-16H,4,9-11,13-14H2,1-3H3,(H,23,24,26)/t15-,16-/m1/s1. The number of likely N-dealkylation sites (tertiary alicyclic amines) is 1. The number of amides is 2. The van der Waals surface area contributed by atoms with Crippen molar-refractivity contribution in [3.05, 3.63) is 35.2 Å². The number of benzene rings is 1. The Kier molecular flexibility index (Phi) is 7.72. The molecule has 0 bridgehead atoms. The molecule has 29 heavy (non-hydrogen) atoms. The number of piperidine rings is 1. The van der Waals surface area contributed by atoms with E-state index in [1.807, 2.05) is 10.3 Å². The number of aromatic nitrogens is 1. The third-order valence-corrected chi connectivity index (χ3v) is 6.76. The Bertz CT molecular complexity index is 825. The molecule has 7 heteroatoms. The number of thioether (sulfide) groups is 1. The number of carbonyl (C=O) groups is 2. The Labute approximate surface area is 181 Å². The normalized spacial score (nSPS) is 19.2. The zero-order valence-electron chi connectivity index (χ0n) is 17.3. The molecule has 2 amide bonds. The predicted octanol–water partition coefficient (Wildman–Crippen LogP) is 4.55. The molecule has 1 aliphatic rings. The van der Waals surface area contributed by atoms with Crippen LogP contribution >= 0.6 is 23.1 Å². The first kappa shape index (κ1) is 21.8. The lowest BCUT2D eigenvalue weighted by atomic mass is 9.92. The first-order valence-electron chi connectivity index (χ1n) is 10.1. The van der Waals surface area contributed by atoms with E-state index in [1.54, 1.807) is 0 Å². The molecule has 1 fully saturated rings. The lowest BCUT2D eigenvalue weighted by Gasteiger charge is -2.35. The van der Waals surface area contributed by atoms with Crippen LogP contribution in [0.15, 0.2) is 29.6 Å². The fourth-order valence-corrected chi connectivity index (χ4v) is 5.17. The molecule has 0 radical (unpaired) electrons. The number of nitrogens with zero attached hydrogens (tertiary/aromatic N) is 2. The Morgan fingerprint density at radius 2 is 1.86 bits per heavy atom. The van der Waals surface area contributed by atoms with Crippen LogP contribution in [0.5, 0.6) is 0 Å². The fourth-order valence-electron chi connectivity index (χ4n) is 3.72. The molecule has 1 saturated heterocycles. The van der Waals surface area contributed by atoms with Gasteiger partial charge in [0.25, 0.3) is 0 Å². The molecule has 0 saturated carbocycles. The van der Waals surface area contributed by atoms with Crippen molar-refractivity contribution in [2.45, 2.75) is 33.6 Å². The van der Waals surface area contributed by atoms with Crippen LogP contribution in [0.25, 0.3) is 11.3 Å². The summed E-state index contributed by atoms with van der Waals surface area (Å²) in [5, 5.41) is 5.39. The van der Waals surface area contributed by atoms with Crippen molar-refractivity contribution in [1.82, 2.24) is 9.88 Å². The average molecular weight is 432 g/mol. The van der Waals surface area contributed by atoms with Crippen molar-refractivity contribution in [2.24, 2.45) is 11.8 Å². The van der Waals surface area contributed by atoms with Gasteiger partial charge in [-0.05, 0) is 30.2 Å². The topological polar surface area (TPSA) is 62.3 Å². The van der Waals surface area contributed by atoms with Gasteiger partial charge in [0.15, 0.2) is 5.13 Å². The molecule has 0 aliphatic carbocycles. The molecule has 0 spiro atoms. The van der Waals surface area contributed by atoms with Gasteiger partial charge in [-0.1, -0.05) is 45.0 Å². The Hall–Kier alpha value is -1.86. The highest BCUT2D eigenvalue weighted by Gasteiger charge is 2.25. The summed E-state index contributed by atoms with van der Waals surface area (Å²) in [5.74, 6) is 1.71. The number of nitrogens with one attached hydrogen (secondary N) is 1. The van der Waals surface area contributed by atoms with Crippen molar-refractivity contribution in [1.29, 1.82) is 0 Å². The molecule has 1 N–H and O–H groups in total. The van der Waals surface area contributed by atoms with Crippen LogP contribution in [-0.2, 0) is 16.0 Å². The Morgan fingerprint density at radius 3 is 2.52 bits per heavy atom. The van der Waals surface area contributed by atoms with Gasteiger partial charge in [-0.15, -0.1) is 23.1 Å². The summed E-state index contributed by atoms with van der Waals surface area (Å²) in [6.45, 7) is 8.17. The summed E-state index contributed by atoms with van der Waals surface area (Å²) in [7, 11) is 0. The molecular weight excluding hydrogens is 402 g/mol. The van der Waals surface area contributed by atoms with E-state index in [-0.39, 0.29) is 17.6 Å². The maximum Gasteiger partial charge on any atom is 0.236 e. The zero-order chi connectivity index (χ0) is 20.8. The Morgan fingerprint density at radius 1 is 1.17 bits per heavy atom. The lowest BCUT2D eigenvalue weighted by Crippen LogP contribution is -2.43. The molecule has 2 aromatic rings. The summed E-state index contributed by atoms with van der Waals surface area (Å²) in [6.07, 6.45) is 2.19. The van der Waals surface area contributed by atoms with Crippen molar-refractivity contribution in [2.75, 3.05) is 29.9 Å². The van der Waals surface area contributed by atoms with Gasteiger partial charge in [-0.3, -0.25) is 9.59 Å². The van der Waals surface area contributed by atoms with E-state index in [0.29, 0.717) is 22.7 Å². The second kappa shape index (κ2) is 10.3. The highest BCUT2D eigenvalue weighted by Crippen LogP contribution is 2.25. The molecule has 3 rings (SSSR count). The third kappa shape index (κ3) is 6.31. The zero-order valence-corrected chi connectivity index (χ0v) is 18.9. The quantitative estimate of drug-likeness (QED) is 0.699. The molecule has 2 atom stereocenters. The summed E-state index contributed by atoms with van der Waals surface area (Å²) in [5.41, 5.74) is 3.20. The van der Waals surface area contributed by atoms with Crippen LogP contribution in [0.3, 0.4) is 0 Å². The van der Waals surface area contributed by atoms with E-state index < -0.39 is 0 Å². The van der Waals surface area contributed by atoms with Gasteiger partial charge in [0.2, 0.25) is 11.8 Å². The minimum Gasteiger partial charge on any atom is -0.341 e. The van der Waals surface area contributed by atoms with Gasteiger partial charge < -0.3 is 10.2 Å². The second-order valence-corrected chi connectivity index (χ2v) is 9.72. The van der Waals surface area contributed by atoms with Crippen LogP contribution in [0.1, 0.15) is 32.8 Å². The van der Waals surface area contributed by atoms with Crippen LogP contribution < -0.4 is 5.32 Å². The smallest absolute Gasteiger partial charge is 0.236 e. The minimum atomic E-state index is -0.120. The van der Waals surface area contributed by atoms with Crippen molar-refractivity contribution in [3.63, 3.8) is 0 Å². The highest BCUT2D eigenvalue weighted by atomic mass is 32.2. The largest absolute Gasteiger partial charge is 0.341 e. The predicted molar refractivity (Wildman–Crippen MR) is 122 cm³/mol.